The number of ether oxygens (including phenoxy) is 1. The highest BCUT2D eigenvalue weighted by Gasteiger charge is 2.25. The van der Waals surface area contributed by atoms with Gasteiger partial charge in [-0.25, -0.2) is 0 Å². The molecule has 0 fully saturated rings. The van der Waals surface area contributed by atoms with Gasteiger partial charge in [0.05, 0.1) is 0 Å². The molecule has 0 aliphatic heterocycles. The van der Waals surface area contributed by atoms with Gasteiger partial charge in [0.25, 0.3) is 5.91 Å². The minimum absolute atomic E-state index is 0.140. The molecule has 5 nitrogen and oxygen atoms in total. The van der Waals surface area contributed by atoms with Crippen molar-refractivity contribution in [3.05, 3.63) is 62.5 Å². The van der Waals surface area contributed by atoms with Crippen LogP contribution in [0.4, 0.5) is 0 Å². The molecule has 0 radical (unpaired) electrons. The summed E-state index contributed by atoms with van der Waals surface area (Å²) >= 11 is 6.84. The van der Waals surface area contributed by atoms with Crippen LogP contribution in [-0.4, -0.2) is 36.4 Å². The number of carbonyl (C=O) groups is 2. The number of nitrogens with zero attached hydrogens (tertiary/aromatic N) is 1. The lowest BCUT2D eigenvalue weighted by Crippen LogP contribution is -2.48. The molecular formula is C20H22Br2N2O3. The topological polar surface area (TPSA) is 58.6 Å². The van der Waals surface area contributed by atoms with E-state index in [1.54, 1.807) is 20.0 Å². The first kappa shape index (κ1) is 21.4. The molecule has 0 unspecified atom stereocenters. The van der Waals surface area contributed by atoms with Gasteiger partial charge in [-0.15, -0.1) is 0 Å². The lowest BCUT2D eigenvalue weighted by Gasteiger charge is -2.28. The largest absolute Gasteiger partial charge is 0.484 e. The Labute approximate surface area is 176 Å². The Morgan fingerprint density at radius 3 is 2.41 bits per heavy atom. The number of hydrogen-bond acceptors (Lipinski definition) is 3. The van der Waals surface area contributed by atoms with E-state index in [0.717, 1.165) is 20.1 Å². The van der Waals surface area contributed by atoms with Crippen molar-refractivity contribution in [3.63, 3.8) is 0 Å². The molecule has 0 bridgehead atoms. The van der Waals surface area contributed by atoms with Crippen molar-refractivity contribution in [2.45, 2.75) is 26.4 Å². The third-order valence-electron chi connectivity index (χ3n) is 4.17. The average molecular weight is 498 g/mol. The third-order valence-corrected chi connectivity index (χ3v) is 5.59. The van der Waals surface area contributed by atoms with Gasteiger partial charge in [0.2, 0.25) is 5.91 Å². The summed E-state index contributed by atoms with van der Waals surface area (Å²) in [4.78, 5) is 26.4. The SMILES string of the molecule is CNC(=O)[C@H](C)N(Cc1ccc(Br)cc1)C(=O)COc1ccc(Br)c(C)c1. The molecule has 2 aromatic carbocycles. The van der Waals surface area contributed by atoms with Crippen molar-refractivity contribution in [2.75, 3.05) is 13.7 Å². The first-order chi connectivity index (χ1) is 12.8. The maximum absolute atomic E-state index is 12.8. The van der Waals surface area contributed by atoms with E-state index in [1.165, 1.54) is 4.90 Å². The van der Waals surface area contributed by atoms with Crippen LogP contribution >= 0.6 is 31.9 Å². The van der Waals surface area contributed by atoms with Gasteiger partial charge in [-0.2, -0.15) is 0 Å². The van der Waals surface area contributed by atoms with Crippen molar-refractivity contribution >= 4 is 43.7 Å². The number of aryl methyl sites for hydroxylation is 1. The molecule has 27 heavy (non-hydrogen) atoms. The molecule has 2 rings (SSSR count). The second kappa shape index (κ2) is 9.90. The number of halogens is 2. The predicted octanol–water partition coefficient (Wildman–Crippen LogP) is 4.06. The summed E-state index contributed by atoms with van der Waals surface area (Å²) in [5.41, 5.74) is 1.95. The molecule has 0 saturated carbocycles. The van der Waals surface area contributed by atoms with E-state index in [-0.39, 0.29) is 18.4 Å². The Kier molecular flexibility index (Phi) is 7.86. The van der Waals surface area contributed by atoms with Gasteiger partial charge in [-0.05, 0) is 55.3 Å². The van der Waals surface area contributed by atoms with Gasteiger partial charge in [-0.1, -0.05) is 44.0 Å². The minimum Gasteiger partial charge on any atom is -0.484 e. The summed E-state index contributed by atoms with van der Waals surface area (Å²) in [5, 5.41) is 2.60. The minimum atomic E-state index is -0.610. The van der Waals surface area contributed by atoms with Gasteiger partial charge >= 0.3 is 0 Å². The second-order valence-corrected chi connectivity index (χ2v) is 7.91. The molecule has 2 aromatic rings. The van der Waals surface area contributed by atoms with Crippen LogP contribution in [0.5, 0.6) is 5.75 Å². The third kappa shape index (κ3) is 6.07. The highest BCUT2D eigenvalue weighted by atomic mass is 79.9. The van der Waals surface area contributed by atoms with Crippen LogP contribution in [0.25, 0.3) is 0 Å². The summed E-state index contributed by atoms with van der Waals surface area (Å²) < 4.78 is 7.59. The average Bonchev–Trinajstić information content (AvgIpc) is 2.67. The number of benzene rings is 2. The van der Waals surface area contributed by atoms with E-state index in [9.17, 15) is 9.59 Å². The van der Waals surface area contributed by atoms with Crippen molar-refractivity contribution in [2.24, 2.45) is 0 Å². The fourth-order valence-corrected chi connectivity index (χ4v) is 3.02. The Bertz CT molecular complexity index is 809. The van der Waals surface area contributed by atoms with Crippen molar-refractivity contribution in [3.8, 4) is 5.75 Å². The zero-order valence-electron chi connectivity index (χ0n) is 15.5. The maximum Gasteiger partial charge on any atom is 0.261 e. The molecule has 0 aliphatic rings. The monoisotopic (exact) mass is 496 g/mol. The first-order valence-electron chi connectivity index (χ1n) is 8.46. The molecule has 1 atom stereocenters. The van der Waals surface area contributed by atoms with Crippen LogP contribution in [0.1, 0.15) is 18.1 Å². The molecular weight excluding hydrogens is 476 g/mol. The fourth-order valence-electron chi connectivity index (χ4n) is 2.51. The molecule has 0 heterocycles. The molecule has 1 N–H and O–H groups in total. The van der Waals surface area contributed by atoms with Gasteiger partial charge in [0.15, 0.2) is 6.61 Å². The number of carbonyl (C=O) groups excluding carboxylic acids is 2. The molecule has 0 spiro atoms. The number of likely N-dealkylation sites (N-methyl/N-ethyl adjacent to an activating group) is 1. The molecule has 144 valence electrons. The Balaban J connectivity index is 2.12. The molecule has 2 amide bonds. The van der Waals surface area contributed by atoms with E-state index in [2.05, 4.69) is 37.2 Å². The van der Waals surface area contributed by atoms with E-state index in [1.807, 2.05) is 43.3 Å². The zero-order valence-corrected chi connectivity index (χ0v) is 18.6. The summed E-state index contributed by atoms with van der Waals surface area (Å²) in [6, 6.07) is 12.6. The van der Waals surface area contributed by atoms with Crippen LogP contribution in [0, 0.1) is 6.92 Å². The molecule has 7 heteroatoms. The summed E-state index contributed by atoms with van der Waals surface area (Å²) in [6.45, 7) is 3.84. The Hall–Kier alpha value is -1.86. The summed E-state index contributed by atoms with van der Waals surface area (Å²) in [6.07, 6.45) is 0. The van der Waals surface area contributed by atoms with Crippen molar-refractivity contribution in [1.29, 1.82) is 0 Å². The smallest absolute Gasteiger partial charge is 0.261 e. The number of hydrogen-bond donors (Lipinski definition) is 1. The van der Waals surface area contributed by atoms with Crippen LogP contribution in [0.15, 0.2) is 51.4 Å². The normalized spacial score (nSPS) is 11.6. The molecule has 0 aliphatic carbocycles. The zero-order chi connectivity index (χ0) is 20.0. The van der Waals surface area contributed by atoms with Gasteiger partial charge in [-0.3, -0.25) is 9.59 Å². The first-order valence-corrected chi connectivity index (χ1v) is 10.0. The molecule has 0 saturated heterocycles. The van der Waals surface area contributed by atoms with E-state index in [0.29, 0.717) is 12.3 Å². The number of rotatable bonds is 7. The summed E-state index contributed by atoms with van der Waals surface area (Å²) in [5.74, 6) is 0.134. The van der Waals surface area contributed by atoms with Crippen molar-refractivity contribution in [1.82, 2.24) is 10.2 Å². The van der Waals surface area contributed by atoms with Crippen LogP contribution < -0.4 is 10.1 Å². The van der Waals surface area contributed by atoms with E-state index >= 15 is 0 Å². The van der Waals surface area contributed by atoms with Gasteiger partial charge in [0.1, 0.15) is 11.8 Å². The standard InChI is InChI=1S/C20H22Br2N2O3/c1-13-10-17(8-9-18(13)22)27-12-19(25)24(14(2)20(26)23-3)11-15-4-6-16(21)7-5-15/h4-10,14H,11-12H2,1-3H3,(H,23,26)/t14-/m0/s1. The quantitative estimate of drug-likeness (QED) is 0.627. The number of amides is 2. The van der Waals surface area contributed by atoms with Crippen LogP contribution in [-0.2, 0) is 16.1 Å². The van der Waals surface area contributed by atoms with E-state index in [4.69, 9.17) is 4.74 Å². The van der Waals surface area contributed by atoms with Gasteiger partial charge in [0, 0.05) is 22.5 Å². The Morgan fingerprint density at radius 1 is 1.15 bits per heavy atom. The summed E-state index contributed by atoms with van der Waals surface area (Å²) in [7, 11) is 1.56. The highest BCUT2D eigenvalue weighted by molar-refractivity contribution is 9.10. The van der Waals surface area contributed by atoms with Gasteiger partial charge < -0.3 is 15.0 Å². The second-order valence-electron chi connectivity index (χ2n) is 6.14. The number of nitrogens with one attached hydrogen (secondary N) is 1. The Morgan fingerprint density at radius 2 is 1.81 bits per heavy atom. The van der Waals surface area contributed by atoms with Crippen molar-refractivity contribution < 1.29 is 14.3 Å². The lowest BCUT2D eigenvalue weighted by molar-refractivity contribution is -0.142. The lowest BCUT2D eigenvalue weighted by atomic mass is 10.1. The van der Waals surface area contributed by atoms with Crippen LogP contribution in [0.3, 0.4) is 0 Å². The highest BCUT2D eigenvalue weighted by Crippen LogP contribution is 2.22. The fraction of sp³-hybridized carbons (Fsp3) is 0.300. The van der Waals surface area contributed by atoms with E-state index < -0.39 is 6.04 Å². The molecule has 0 aromatic heterocycles. The predicted molar refractivity (Wildman–Crippen MR) is 113 cm³/mol. The van der Waals surface area contributed by atoms with Crippen LogP contribution in [0.2, 0.25) is 0 Å². The maximum atomic E-state index is 12.8.